The number of hydrogen-bond acceptors (Lipinski definition) is 4. The number of nitrogens with zero attached hydrogens (tertiary/aromatic N) is 1. The molecular formula is C24H29F2NO2S. The van der Waals surface area contributed by atoms with Gasteiger partial charge in [0.05, 0.1) is 0 Å². The van der Waals surface area contributed by atoms with Crippen molar-refractivity contribution in [2.45, 2.75) is 56.1 Å². The van der Waals surface area contributed by atoms with Crippen molar-refractivity contribution in [3.05, 3.63) is 65.5 Å². The van der Waals surface area contributed by atoms with Crippen LogP contribution in [0.15, 0.2) is 48.5 Å². The first-order chi connectivity index (χ1) is 14.5. The van der Waals surface area contributed by atoms with Gasteiger partial charge in [0.15, 0.2) is 0 Å². The average Bonchev–Trinajstić information content (AvgIpc) is 2.76. The minimum atomic E-state index is -1.39. The maximum absolute atomic E-state index is 14.8. The van der Waals surface area contributed by atoms with E-state index in [0.717, 1.165) is 12.8 Å². The second-order valence-corrected chi connectivity index (χ2v) is 9.56. The largest absolute Gasteiger partial charge is 0.490 e. The molecule has 0 saturated carbocycles. The second kappa shape index (κ2) is 9.67. The Kier molecular flexibility index (Phi) is 6.96. The fraction of sp³-hybridized carbons (Fsp3) is 0.500. The van der Waals surface area contributed by atoms with Crippen molar-refractivity contribution in [2.75, 3.05) is 19.8 Å². The van der Waals surface area contributed by atoms with Gasteiger partial charge in [-0.25, -0.2) is 13.1 Å². The minimum absolute atomic E-state index is 0.0626. The molecule has 0 spiro atoms. The molecule has 6 heteroatoms. The van der Waals surface area contributed by atoms with Crippen molar-refractivity contribution in [2.24, 2.45) is 0 Å². The Morgan fingerprint density at radius 1 is 1.13 bits per heavy atom. The molecule has 2 aromatic rings. The van der Waals surface area contributed by atoms with E-state index in [9.17, 15) is 8.78 Å². The van der Waals surface area contributed by atoms with Gasteiger partial charge in [0.2, 0.25) is 0 Å². The van der Waals surface area contributed by atoms with Crippen LogP contribution in [0, 0.1) is 5.82 Å². The molecule has 2 aliphatic rings. The zero-order valence-electron chi connectivity index (χ0n) is 17.4. The lowest BCUT2D eigenvalue weighted by Gasteiger charge is -2.37. The normalized spacial score (nSPS) is 24.5. The summed E-state index contributed by atoms with van der Waals surface area (Å²) in [5.41, 5.74) is 0.563. The molecule has 4 rings (SSSR count). The molecule has 2 heterocycles. The third-order valence-electron chi connectivity index (χ3n) is 6.01. The van der Waals surface area contributed by atoms with Gasteiger partial charge in [0, 0.05) is 55.5 Å². The Labute approximate surface area is 181 Å². The fourth-order valence-corrected chi connectivity index (χ4v) is 5.33. The minimum Gasteiger partial charge on any atom is -0.490 e. The molecule has 0 bridgehead atoms. The van der Waals surface area contributed by atoms with Crippen LogP contribution in [0.5, 0.6) is 5.75 Å². The monoisotopic (exact) mass is 433 g/mol. The van der Waals surface area contributed by atoms with Crippen LogP contribution >= 0.6 is 11.9 Å². The quantitative estimate of drug-likeness (QED) is 0.513. The van der Waals surface area contributed by atoms with Crippen LogP contribution in [-0.4, -0.2) is 35.8 Å². The molecule has 30 heavy (non-hydrogen) atoms. The molecule has 3 nitrogen and oxygen atoms in total. The summed E-state index contributed by atoms with van der Waals surface area (Å²) >= 11 is 1.80. The van der Waals surface area contributed by atoms with Gasteiger partial charge < -0.3 is 9.47 Å². The number of benzene rings is 2. The summed E-state index contributed by atoms with van der Waals surface area (Å²) in [5.74, 6) is 0.0725. The summed E-state index contributed by atoms with van der Waals surface area (Å²) < 4.78 is 42.5. The lowest BCUT2D eigenvalue weighted by atomic mass is 9.98. The van der Waals surface area contributed by atoms with Crippen molar-refractivity contribution in [3.63, 3.8) is 0 Å². The summed E-state index contributed by atoms with van der Waals surface area (Å²) in [6, 6.07) is 15.8. The third kappa shape index (κ3) is 5.34. The van der Waals surface area contributed by atoms with Crippen LogP contribution in [0.1, 0.15) is 49.0 Å². The lowest BCUT2D eigenvalue weighted by molar-refractivity contribution is -0.0324. The number of alkyl halides is 1. The van der Waals surface area contributed by atoms with Crippen LogP contribution in [0.4, 0.5) is 8.78 Å². The van der Waals surface area contributed by atoms with Gasteiger partial charge >= 0.3 is 0 Å². The van der Waals surface area contributed by atoms with E-state index in [1.165, 1.54) is 11.6 Å². The summed E-state index contributed by atoms with van der Waals surface area (Å²) in [5, 5.41) is 0.397. The highest BCUT2D eigenvalue weighted by molar-refractivity contribution is 7.97. The Hall–Kier alpha value is -1.63. The third-order valence-corrected chi connectivity index (χ3v) is 7.53. The summed E-state index contributed by atoms with van der Waals surface area (Å²) in [7, 11) is 0. The van der Waals surface area contributed by atoms with E-state index in [1.54, 1.807) is 24.1 Å². The van der Waals surface area contributed by atoms with Gasteiger partial charge in [-0.15, -0.1) is 0 Å². The zero-order valence-corrected chi connectivity index (χ0v) is 18.2. The molecule has 0 amide bonds. The first kappa shape index (κ1) is 21.6. The summed E-state index contributed by atoms with van der Waals surface area (Å²) in [6.45, 7) is 3.47. The molecule has 2 aromatic carbocycles. The number of rotatable bonds is 6. The smallest absolute Gasteiger partial charge is 0.149 e. The van der Waals surface area contributed by atoms with E-state index in [4.69, 9.17) is 9.47 Å². The van der Waals surface area contributed by atoms with Crippen LogP contribution in [-0.2, 0) is 11.3 Å². The van der Waals surface area contributed by atoms with Crippen molar-refractivity contribution in [1.29, 1.82) is 0 Å². The van der Waals surface area contributed by atoms with Crippen molar-refractivity contribution < 1.29 is 18.3 Å². The Balaban J connectivity index is 1.38. The SMILES string of the molecule is C[C@H]1CC[C@H](c2ccccc2)SN1Cc1ccc(OCC2(F)CCOCC2)cc1F. The van der Waals surface area contributed by atoms with E-state index in [2.05, 4.69) is 35.5 Å². The van der Waals surface area contributed by atoms with Gasteiger partial charge in [0.25, 0.3) is 0 Å². The molecule has 0 N–H and O–H groups in total. The highest BCUT2D eigenvalue weighted by Crippen LogP contribution is 2.43. The molecule has 2 atom stereocenters. The maximum Gasteiger partial charge on any atom is 0.149 e. The molecule has 0 aliphatic carbocycles. The molecule has 2 saturated heterocycles. The topological polar surface area (TPSA) is 21.7 Å². The highest BCUT2D eigenvalue weighted by atomic mass is 32.2. The molecule has 162 valence electrons. The van der Waals surface area contributed by atoms with Crippen LogP contribution < -0.4 is 4.74 Å². The number of ether oxygens (including phenoxy) is 2. The van der Waals surface area contributed by atoms with Gasteiger partial charge in [-0.05, 0) is 31.4 Å². The molecule has 2 aliphatic heterocycles. The molecule has 0 unspecified atom stereocenters. The molecule has 0 radical (unpaired) electrons. The van der Waals surface area contributed by atoms with E-state index in [1.807, 2.05) is 6.07 Å². The first-order valence-electron chi connectivity index (χ1n) is 10.7. The molecule has 0 aromatic heterocycles. The summed E-state index contributed by atoms with van der Waals surface area (Å²) in [6.07, 6.45) is 2.84. The Bertz CT molecular complexity index is 829. The highest BCUT2D eigenvalue weighted by Gasteiger charge is 2.33. The first-order valence-corrected chi connectivity index (χ1v) is 11.5. The van der Waals surface area contributed by atoms with Gasteiger partial charge in [-0.2, -0.15) is 0 Å². The van der Waals surface area contributed by atoms with E-state index in [-0.39, 0.29) is 12.4 Å². The van der Waals surface area contributed by atoms with Crippen LogP contribution in [0.3, 0.4) is 0 Å². The van der Waals surface area contributed by atoms with Crippen molar-refractivity contribution in [1.82, 2.24) is 4.31 Å². The van der Waals surface area contributed by atoms with Crippen LogP contribution in [0.2, 0.25) is 0 Å². The molecular weight excluding hydrogens is 404 g/mol. The lowest BCUT2D eigenvalue weighted by Crippen LogP contribution is -2.37. The maximum atomic E-state index is 14.8. The second-order valence-electron chi connectivity index (χ2n) is 8.31. The molecule has 2 fully saturated rings. The zero-order chi connectivity index (χ0) is 21.0. The van der Waals surface area contributed by atoms with E-state index < -0.39 is 5.67 Å². The van der Waals surface area contributed by atoms with Gasteiger partial charge in [0.1, 0.15) is 23.8 Å². The number of hydrogen-bond donors (Lipinski definition) is 0. The fourth-order valence-electron chi connectivity index (χ4n) is 3.95. The Morgan fingerprint density at radius 2 is 1.90 bits per heavy atom. The number of halogens is 2. The van der Waals surface area contributed by atoms with Gasteiger partial charge in [-0.3, -0.25) is 0 Å². The van der Waals surface area contributed by atoms with E-state index in [0.29, 0.717) is 55.2 Å². The summed E-state index contributed by atoms with van der Waals surface area (Å²) in [4.78, 5) is 0. The van der Waals surface area contributed by atoms with Crippen LogP contribution in [0.25, 0.3) is 0 Å². The average molecular weight is 434 g/mol. The van der Waals surface area contributed by atoms with E-state index >= 15 is 0 Å². The van der Waals surface area contributed by atoms with Crippen molar-refractivity contribution in [3.8, 4) is 5.75 Å². The Morgan fingerprint density at radius 3 is 2.63 bits per heavy atom. The predicted molar refractivity (Wildman–Crippen MR) is 117 cm³/mol. The standard InChI is InChI=1S/C24H29F2NO2S/c1-18-7-10-23(19-5-3-2-4-6-19)30-27(18)16-20-8-9-21(15-22(20)25)29-17-24(26)11-13-28-14-12-24/h2-6,8-9,15,18,23H,7,10-14,16-17H2,1H3/t18-,23+/m0/s1. The predicted octanol–water partition coefficient (Wildman–Crippen LogP) is 6.10. The van der Waals surface area contributed by atoms with Gasteiger partial charge in [-0.1, -0.05) is 48.3 Å². The van der Waals surface area contributed by atoms with Crippen molar-refractivity contribution >= 4 is 11.9 Å².